The van der Waals surface area contributed by atoms with Crippen molar-refractivity contribution in [2.24, 2.45) is 0 Å². The summed E-state index contributed by atoms with van der Waals surface area (Å²) < 4.78 is 45.5. The van der Waals surface area contributed by atoms with Gasteiger partial charge in [0.05, 0.1) is 16.3 Å². The van der Waals surface area contributed by atoms with Gasteiger partial charge in [-0.2, -0.15) is 18.2 Å². The Bertz CT molecular complexity index is 1740. The van der Waals surface area contributed by atoms with Crippen LogP contribution in [0.1, 0.15) is 31.2 Å². The number of anilines is 2. The van der Waals surface area contributed by atoms with Gasteiger partial charge in [-0.1, -0.05) is 42.5 Å². The minimum absolute atomic E-state index is 0.0311. The van der Waals surface area contributed by atoms with Crippen LogP contribution in [0.25, 0.3) is 20.8 Å². The lowest BCUT2D eigenvalue weighted by Crippen LogP contribution is -2.50. The quantitative estimate of drug-likeness (QED) is 0.234. The molecular formula is C31H32F3N7O5S. The summed E-state index contributed by atoms with van der Waals surface area (Å²) >= 11 is 1.39. The summed E-state index contributed by atoms with van der Waals surface area (Å²) in [7, 11) is 0. The number of thiazole rings is 1. The molecule has 3 N–H and O–H groups in total. The molecule has 0 bridgehead atoms. The van der Waals surface area contributed by atoms with E-state index in [2.05, 4.69) is 25.4 Å². The number of aromatic nitrogens is 3. The number of alkyl halides is 3. The zero-order chi connectivity index (χ0) is 33.0. The number of hydroxylamine groups is 2. The third-order valence-corrected chi connectivity index (χ3v) is 9.00. The minimum Gasteiger partial charge on any atom is -0.442 e. The standard InChI is InChI=1S/C31H32F3N7O5S/c32-31(33,34)28(43)46-41(30(44)45-18-19-7-2-1-3-8-19)21-12-15-40(16-13-21)29-38-25(36-20-9-6-14-35-17-20)24(26(42)39-29)27-37-22-10-4-5-11-23(22)47-27/h1-5,7-8,10-11,20-21,35H,6,9,12-18H2,(H2,36,38,39,42)/t20-/m1/s1. The number of carbonyl (C=O) groups excluding carboxylic acids is 2. The maximum atomic E-state index is 13.6. The normalized spacial score (nSPS) is 17.3. The summed E-state index contributed by atoms with van der Waals surface area (Å²) in [4.78, 5) is 57.0. The molecule has 0 aliphatic carbocycles. The van der Waals surface area contributed by atoms with Crippen LogP contribution in [-0.2, 0) is 21.0 Å². The van der Waals surface area contributed by atoms with E-state index < -0.39 is 29.8 Å². The Balaban J connectivity index is 1.22. The van der Waals surface area contributed by atoms with E-state index in [0.717, 1.165) is 29.6 Å². The third-order valence-electron chi connectivity index (χ3n) is 7.95. The van der Waals surface area contributed by atoms with E-state index >= 15 is 0 Å². The number of nitrogens with one attached hydrogen (secondary N) is 3. The van der Waals surface area contributed by atoms with Crippen molar-refractivity contribution in [2.45, 2.75) is 50.6 Å². The highest BCUT2D eigenvalue weighted by Crippen LogP contribution is 2.33. The smallest absolute Gasteiger partial charge is 0.442 e. The summed E-state index contributed by atoms with van der Waals surface area (Å²) in [6.45, 7) is 1.74. The highest BCUT2D eigenvalue weighted by atomic mass is 32.1. The van der Waals surface area contributed by atoms with Gasteiger partial charge >= 0.3 is 18.2 Å². The van der Waals surface area contributed by atoms with Crippen molar-refractivity contribution in [1.82, 2.24) is 25.3 Å². The molecule has 2 aliphatic heterocycles. The fourth-order valence-corrected chi connectivity index (χ4v) is 6.57. The van der Waals surface area contributed by atoms with Crippen LogP contribution in [0.15, 0.2) is 59.4 Å². The van der Waals surface area contributed by atoms with Crippen molar-refractivity contribution in [3.63, 3.8) is 0 Å². The first-order valence-electron chi connectivity index (χ1n) is 15.2. The molecule has 2 aromatic carbocycles. The molecule has 0 spiro atoms. The molecule has 12 nitrogen and oxygen atoms in total. The van der Waals surface area contributed by atoms with E-state index in [-0.39, 0.29) is 44.5 Å². The Kier molecular flexibility index (Phi) is 9.58. The molecule has 4 heterocycles. The zero-order valence-electron chi connectivity index (χ0n) is 25.1. The van der Waals surface area contributed by atoms with E-state index in [1.54, 1.807) is 35.2 Å². The number of carbonyl (C=O) groups is 2. The number of ether oxygens (including phenoxy) is 1. The molecule has 2 fully saturated rings. The lowest BCUT2D eigenvalue weighted by Gasteiger charge is -2.36. The summed E-state index contributed by atoms with van der Waals surface area (Å²) in [5.74, 6) is -1.89. The van der Waals surface area contributed by atoms with Crippen LogP contribution in [-0.4, -0.2) is 76.5 Å². The average molecular weight is 672 g/mol. The monoisotopic (exact) mass is 671 g/mol. The van der Waals surface area contributed by atoms with Crippen LogP contribution in [0.3, 0.4) is 0 Å². The second-order valence-corrected chi connectivity index (χ2v) is 12.3. The lowest BCUT2D eigenvalue weighted by molar-refractivity contribution is -0.238. The molecule has 1 atom stereocenters. The van der Waals surface area contributed by atoms with Crippen LogP contribution in [0.5, 0.6) is 0 Å². The number of aromatic amines is 1. The average Bonchev–Trinajstić information content (AvgIpc) is 3.50. The van der Waals surface area contributed by atoms with Crippen LogP contribution < -0.4 is 21.1 Å². The molecular weight excluding hydrogens is 639 g/mol. The number of benzene rings is 2. The number of nitrogens with zero attached hydrogens (tertiary/aromatic N) is 4. The molecule has 2 aliphatic rings. The number of H-pyrrole nitrogens is 1. The van der Waals surface area contributed by atoms with Crippen LogP contribution in [0.4, 0.5) is 29.7 Å². The van der Waals surface area contributed by atoms with Crippen molar-refractivity contribution >= 4 is 45.4 Å². The van der Waals surface area contributed by atoms with Crippen molar-refractivity contribution in [1.29, 1.82) is 0 Å². The van der Waals surface area contributed by atoms with Crippen molar-refractivity contribution in [3.8, 4) is 10.6 Å². The Labute approximate surface area is 270 Å². The maximum Gasteiger partial charge on any atom is 0.493 e. The Morgan fingerprint density at radius 2 is 1.79 bits per heavy atom. The predicted molar refractivity (Wildman–Crippen MR) is 169 cm³/mol. The molecule has 4 aromatic rings. The van der Waals surface area contributed by atoms with Gasteiger partial charge in [0, 0.05) is 25.7 Å². The van der Waals surface area contributed by atoms with Gasteiger partial charge in [-0.25, -0.2) is 14.6 Å². The van der Waals surface area contributed by atoms with Gasteiger partial charge < -0.3 is 25.1 Å². The fourth-order valence-electron chi connectivity index (χ4n) is 5.56. The first kappa shape index (κ1) is 32.2. The molecule has 47 heavy (non-hydrogen) atoms. The number of amides is 1. The van der Waals surface area contributed by atoms with E-state index in [1.165, 1.54) is 11.3 Å². The number of fused-ring (bicyclic) bond motifs is 1. The molecule has 6 rings (SSSR count). The van der Waals surface area contributed by atoms with Gasteiger partial charge in [0.15, 0.2) is 0 Å². The second-order valence-electron chi connectivity index (χ2n) is 11.2. The van der Waals surface area contributed by atoms with Crippen LogP contribution in [0.2, 0.25) is 0 Å². The molecule has 2 saturated heterocycles. The summed E-state index contributed by atoms with van der Waals surface area (Å²) in [6, 6.07) is 15.3. The molecule has 16 heteroatoms. The number of halogens is 3. The predicted octanol–water partition coefficient (Wildman–Crippen LogP) is 4.84. The molecule has 248 valence electrons. The number of para-hydroxylation sites is 1. The molecule has 0 unspecified atom stereocenters. The number of hydrogen-bond donors (Lipinski definition) is 3. The van der Waals surface area contributed by atoms with E-state index in [9.17, 15) is 27.6 Å². The van der Waals surface area contributed by atoms with E-state index in [0.29, 0.717) is 33.6 Å². The summed E-state index contributed by atoms with van der Waals surface area (Å²) in [5.41, 5.74) is 1.30. The van der Waals surface area contributed by atoms with Gasteiger partial charge in [-0.3, -0.25) is 9.78 Å². The highest BCUT2D eigenvalue weighted by molar-refractivity contribution is 7.21. The highest BCUT2D eigenvalue weighted by Gasteiger charge is 2.45. The number of rotatable bonds is 7. The summed E-state index contributed by atoms with van der Waals surface area (Å²) in [5, 5.41) is 7.66. The molecule has 0 saturated carbocycles. The van der Waals surface area contributed by atoms with Gasteiger partial charge in [-0.05, 0) is 49.9 Å². The van der Waals surface area contributed by atoms with E-state index in [4.69, 9.17) is 9.72 Å². The van der Waals surface area contributed by atoms with Crippen LogP contribution in [0, 0.1) is 0 Å². The number of hydrogen-bond acceptors (Lipinski definition) is 11. The van der Waals surface area contributed by atoms with Gasteiger partial charge in [0.25, 0.3) is 5.56 Å². The zero-order valence-corrected chi connectivity index (χ0v) is 25.9. The Hall–Kier alpha value is -4.70. The summed E-state index contributed by atoms with van der Waals surface area (Å²) in [6.07, 6.45) is -4.49. The Morgan fingerprint density at radius 1 is 1.04 bits per heavy atom. The van der Waals surface area contributed by atoms with Crippen molar-refractivity contribution in [3.05, 3.63) is 70.5 Å². The van der Waals surface area contributed by atoms with Gasteiger partial charge in [0.1, 0.15) is 23.0 Å². The second kappa shape index (κ2) is 14.0. The van der Waals surface area contributed by atoms with E-state index in [1.807, 2.05) is 24.3 Å². The van der Waals surface area contributed by atoms with Gasteiger partial charge in [-0.15, -0.1) is 16.4 Å². The van der Waals surface area contributed by atoms with Crippen LogP contribution >= 0.6 is 11.3 Å². The minimum atomic E-state index is -5.32. The maximum absolute atomic E-state index is 13.6. The number of piperidine rings is 2. The van der Waals surface area contributed by atoms with Crippen molar-refractivity contribution in [2.75, 3.05) is 36.4 Å². The molecule has 1 amide bonds. The van der Waals surface area contributed by atoms with Gasteiger partial charge in [0.2, 0.25) is 5.95 Å². The third kappa shape index (κ3) is 7.65. The first-order valence-corrected chi connectivity index (χ1v) is 16.0. The SMILES string of the molecule is O=C(OCc1ccccc1)N(OC(=O)C(F)(F)F)C1CCN(c2nc(N[C@@H]3CCCNC3)c(-c3nc4ccccc4s3)c(=O)[nH]2)CC1. The first-order chi connectivity index (χ1) is 22.7. The fraction of sp³-hybridized carbons (Fsp3) is 0.387. The topological polar surface area (TPSA) is 142 Å². The lowest BCUT2D eigenvalue weighted by atomic mass is 10.1. The Morgan fingerprint density at radius 3 is 2.49 bits per heavy atom. The molecule has 0 radical (unpaired) electrons. The molecule has 2 aromatic heterocycles. The largest absolute Gasteiger partial charge is 0.493 e. The van der Waals surface area contributed by atoms with Crippen molar-refractivity contribution < 1.29 is 32.3 Å².